The summed E-state index contributed by atoms with van der Waals surface area (Å²) < 4.78 is 19.8. The first-order valence-electron chi connectivity index (χ1n) is 9.48. The first-order chi connectivity index (χ1) is 14.5. The van der Waals surface area contributed by atoms with E-state index >= 15 is 0 Å². The molecular formula is C24H21FN2O3. The minimum atomic E-state index is -1.21. The van der Waals surface area contributed by atoms with Crippen molar-refractivity contribution < 1.29 is 19.0 Å². The molecule has 152 valence electrons. The van der Waals surface area contributed by atoms with E-state index in [0.717, 1.165) is 16.9 Å². The molecule has 0 amide bonds. The molecule has 4 rings (SSSR count). The van der Waals surface area contributed by atoms with Gasteiger partial charge in [0.15, 0.2) is 0 Å². The number of carboxylic acid groups (broad SMARTS) is 1. The first kappa shape index (κ1) is 19.6. The first-order valence-corrected chi connectivity index (χ1v) is 9.48. The summed E-state index contributed by atoms with van der Waals surface area (Å²) in [6.45, 7) is -0.758. The second-order valence-electron chi connectivity index (χ2n) is 7.33. The topological polar surface area (TPSA) is 84.9 Å². The molecule has 6 heteroatoms. The lowest BCUT2D eigenvalue weighted by Gasteiger charge is -2.33. The third kappa shape index (κ3) is 3.41. The van der Waals surface area contributed by atoms with Crippen molar-refractivity contribution in [1.29, 1.82) is 0 Å². The number of ether oxygens (including phenoxy) is 1. The molecule has 0 fully saturated rings. The second-order valence-corrected chi connectivity index (χ2v) is 7.33. The van der Waals surface area contributed by atoms with Gasteiger partial charge in [-0.1, -0.05) is 36.4 Å². The number of halogens is 1. The van der Waals surface area contributed by atoms with Crippen LogP contribution in [0.2, 0.25) is 0 Å². The van der Waals surface area contributed by atoms with Gasteiger partial charge in [-0.05, 0) is 52.6 Å². The summed E-state index contributed by atoms with van der Waals surface area (Å²) >= 11 is 0. The summed E-state index contributed by atoms with van der Waals surface area (Å²) in [6.07, 6.45) is 0.224. The third-order valence-corrected chi connectivity index (χ3v) is 5.47. The van der Waals surface area contributed by atoms with Crippen LogP contribution in [0.4, 0.5) is 4.39 Å². The normalized spacial score (nSPS) is 17.7. The predicted molar refractivity (Wildman–Crippen MR) is 114 cm³/mol. The monoisotopic (exact) mass is 404 g/mol. The van der Waals surface area contributed by atoms with Crippen molar-refractivity contribution in [2.75, 3.05) is 13.8 Å². The number of benzene rings is 3. The van der Waals surface area contributed by atoms with Crippen LogP contribution in [0.3, 0.4) is 0 Å². The predicted octanol–water partition coefficient (Wildman–Crippen LogP) is 4.19. The van der Waals surface area contributed by atoms with E-state index in [9.17, 15) is 14.3 Å². The Hall–Kier alpha value is -3.67. The molecule has 3 aromatic rings. The number of nitrogens with zero attached hydrogens (tertiary/aromatic N) is 1. The van der Waals surface area contributed by atoms with Gasteiger partial charge in [0.2, 0.25) is 0 Å². The summed E-state index contributed by atoms with van der Waals surface area (Å²) in [5, 5.41) is 9.32. The van der Waals surface area contributed by atoms with Gasteiger partial charge in [-0.2, -0.15) is 0 Å². The highest BCUT2D eigenvalue weighted by atomic mass is 19.1. The number of fused-ring (bicyclic) bond motifs is 1. The summed E-state index contributed by atoms with van der Waals surface area (Å²) in [6, 6.07) is 19.8. The van der Waals surface area contributed by atoms with Crippen LogP contribution < -0.4 is 10.5 Å². The van der Waals surface area contributed by atoms with Gasteiger partial charge in [0.05, 0.1) is 12.7 Å². The number of alkyl halides is 1. The SMILES string of the molecule is COc1cccc(-c2cccc(C3(CF)Cc4cc(C(=O)O)ccc4C(N)=N3)c2)c1. The number of aliphatic imine (C=N–C) groups is 1. The molecule has 1 aliphatic rings. The zero-order valence-corrected chi connectivity index (χ0v) is 16.4. The Morgan fingerprint density at radius 1 is 1.13 bits per heavy atom. The van der Waals surface area contributed by atoms with Crippen LogP contribution in [0.25, 0.3) is 11.1 Å². The Morgan fingerprint density at radius 3 is 2.57 bits per heavy atom. The van der Waals surface area contributed by atoms with Crippen molar-refractivity contribution in [3.05, 3.63) is 89.0 Å². The third-order valence-electron chi connectivity index (χ3n) is 5.47. The number of amidine groups is 1. The summed E-state index contributed by atoms with van der Waals surface area (Å²) in [5.41, 5.74) is 8.94. The number of methoxy groups -OCH3 is 1. The standard InChI is InChI=1S/C24H21FN2O3/c1-30-20-7-3-5-16(12-20)15-4-2-6-19(11-15)24(14-25)13-18-10-17(23(28)29)8-9-21(18)22(26)27-24/h2-12H,13-14H2,1H3,(H2,26,27)(H,28,29). The lowest BCUT2D eigenvalue weighted by Crippen LogP contribution is -2.37. The summed E-state index contributed by atoms with van der Waals surface area (Å²) in [4.78, 5) is 15.9. The largest absolute Gasteiger partial charge is 0.497 e. The van der Waals surface area contributed by atoms with Crippen LogP contribution in [-0.4, -0.2) is 30.7 Å². The molecule has 0 bridgehead atoms. The molecule has 1 aliphatic heterocycles. The molecule has 0 spiro atoms. The molecule has 5 nitrogen and oxygen atoms in total. The Bertz CT molecular complexity index is 1160. The Kier molecular flexibility index (Phi) is 4.99. The fourth-order valence-electron chi connectivity index (χ4n) is 3.88. The van der Waals surface area contributed by atoms with Crippen molar-refractivity contribution in [3.63, 3.8) is 0 Å². The molecular weight excluding hydrogens is 383 g/mol. The lowest BCUT2D eigenvalue weighted by molar-refractivity contribution is 0.0696. The van der Waals surface area contributed by atoms with Gasteiger partial charge in [-0.15, -0.1) is 0 Å². The molecule has 0 radical (unpaired) electrons. The van der Waals surface area contributed by atoms with E-state index in [2.05, 4.69) is 4.99 Å². The number of rotatable bonds is 5. The van der Waals surface area contributed by atoms with E-state index in [4.69, 9.17) is 10.5 Å². The van der Waals surface area contributed by atoms with Crippen LogP contribution in [0.1, 0.15) is 27.0 Å². The van der Waals surface area contributed by atoms with Gasteiger partial charge in [-0.3, -0.25) is 4.99 Å². The van der Waals surface area contributed by atoms with Gasteiger partial charge in [0.1, 0.15) is 23.8 Å². The summed E-state index contributed by atoms with van der Waals surface area (Å²) in [7, 11) is 1.61. The summed E-state index contributed by atoms with van der Waals surface area (Å²) in [5.74, 6) is -0.101. The van der Waals surface area contributed by atoms with Gasteiger partial charge in [0, 0.05) is 12.0 Å². The average molecular weight is 404 g/mol. The number of carbonyl (C=O) groups is 1. The zero-order valence-electron chi connectivity index (χ0n) is 16.4. The molecule has 0 saturated heterocycles. The molecule has 1 atom stereocenters. The minimum Gasteiger partial charge on any atom is -0.497 e. The molecule has 3 aromatic carbocycles. The van der Waals surface area contributed by atoms with E-state index < -0.39 is 18.2 Å². The maximum absolute atomic E-state index is 14.5. The molecule has 30 heavy (non-hydrogen) atoms. The Labute approximate surface area is 173 Å². The number of hydrogen-bond acceptors (Lipinski definition) is 4. The minimum absolute atomic E-state index is 0.140. The van der Waals surface area contributed by atoms with E-state index in [0.29, 0.717) is 16.7 Å². The highest BCUT2D eigenvalue weighted by molar-refractivity contribution is 6.01. The van der Waals surface area contributed by atoms with Crippen molar-refractivity contribution in [1.82, 2.24) is 0 Å². The van der Waals surface area contributed by atoms with Crippen LogP contribution in [-0.2, 0) is 12.0 Å². The number of aromatic carboxylic acids is 1. The van der Waals surface area contributed by atoms with Gasteiger partial charge < -0.3 is 15.6 Å². The smallest absolute Gasteiger partial charge is 0.335 e. The van der Waals surface area contributed by atoms with Crippen LogP contribution in [0, 0.1) is 0 Å². The fourth-order valence-corrected chi connectivity index (χ4v) is 3.88. The van der Waals surface area contributed by atoms with E-state index in [1.165, 1.54) is 6.07 Å². The fraction of sp³-hybridized carbons (Fsp3) is 0.167. The molecule has 1 unspecified atom stereocenters. The molecule has 0 aromatic heterocycles. The Morgan fingerprint density at radius 2 is 1.87 bits per heavy atom. The van der Waals surface area contributed by atoms with Gasteiger partial charge >= 0.3 is 5.97 Å². The average Bonchev–Trinajstić information content (AvgIpc) is 2.78. The number of nitrogens with two attached hydrogens (primary N) is 1. The van der Waals surface area contributed by atoms with Crippen molar-refractivity contribution >= 4 is 11.8 Å². The highest BCUT2D eigenvalue weighted by Crippen LogP contribution is 2.38. The van der Waals surface area contributed by atoms with Crippen molar-refractivity contribution in [2.24, 2.45) is 10.7 Å². The molecule has 3 N–H and O–H groups in total. The second kappa shape index (κ2) is 7.63. The van der Waals surface area contributed by atoms with Crippen LogP contribution in [0.15, 0.2) is 71.7 Å². The van der Waals surface area contributed by atoms with Gasteiger partial charge in [-0.25, -0.2) is 9.18 Å². The van der Waals surface area contributed by atoms with Crippen molar-refractivity contribution in [2.45, 2.75) is 12.0 Å². The maximum Gasteiger partial charge on any atom is 0.335 e. The Balaban J connectivity index is 1.80. The van der Waals surface area contributed by atoms with E-state index in [-0.39, 0.29) is 17.8 Å². The zero-order chi connectivity index (χ0) is 21.3. The van der Waals surface area contributed by atoms with Crippen molar-refractivity contribution in [3.8, 4) is 16.9 Å². The molecule has 1 heterocycles. The lowest BCUT2D eigenvalue weighted by atomic mass is 9.80. The number of carboxylic acids is 1. The van der Waals surface area contributed by atoms with Crippen LogP contribution in [0.5, 0.6) is 5.75 Å². The number of hydrogen-bond donors (Lipinski definition) is 2. The molecule has 0 saturated carbocycles. The molecule has 0 aliphatic carbocycles. The van der Waals surface area contributed by atoms with Crippen LogP contribution >= 0.6 is 0 Å². The van der Waals surface area contributed by atoms with E-state index in [1.54, 1.807) is 19.2 Å². The quantitative estimate of drug-likeness (QED) is 0.668. The highest BCUT2D eigenvalue weighted by Gasteiger charge is 2.37. The maximum atomic E-state index is 14.5. The van der Waals surface area contributed by atoms with E-state index in [1.807, 2.05) is 48.5 Å². The van der Waals surface area contributed by atoms with Gasteiger partial charge in [0.25, 0.3) is 0 Å².